The Labute approximate surface area is 158 Å². The zero-order valence-corrected chi connectivity index (χ0v) is 16.8. The van der Waals surface area contributed by atoms with E-state index in [9.17, 15) is 4.79 Å². The van der Waals surface area contributed by atoms with Gasteiger partial charge in [-0.15, -0.1) is 11.6 Å². The largest absolute Gasteiger partial charge is 0.377 e. The molecule has 144 valence electrons. The van der Waals surface area contributed by atoms with Gasteiger partial charge in [0.05, 0.1) is 38.4 Å². The number of thiol groups is 1. The van der Waals surface area contributed by atoms with Crippen LogP contribution in [-0.4, -0.2) is 56.6 Å². The molecular formula is C18H35ClO4S. The lowest BCUT2D eigenvalue weighted by molar-refractivity contribution is -0.121. The number of alkyl halides is 1. The molecule has 4 nitrogen and oxygen atoms in total. The zero-order chi connectivity index (χ0) is 17.9. The van der Waals surface area contributed by atoms with Crippen molar-refractivity contribution >= 4 is 30.0 Å². The van der Waals surface area contributed by atoms with E-state index in [1.165, 1.54) is 44.9 Å². The number of halogens is 1. The predicted octanol–water partition coefficient (Wildman–Crippen LogP) is 4.28. The molecule has 0 N–H and O–H groups in total. The number of ether oxygens (including phenoxy) is 3. The standard InChI is InChI=1S/C18H35ClO4S/c1-17(9-7-5-3-2-4-6-8-14-24)23-13-12-21-10-11-22-16-18(20)15-19/h17,24H,2-16H2,1H3. The van der Waals surface area contributed by atoms with Crippen LogP contribution in [0.25, 0.3) is 0 Å². The van der Waals surface area contributed by atoms with Crippen molar-refractivity contribution in [3.63, 3.8) is 0 Å². The molecule has 0 bridgehead atoms. The lowest BCUT2D eigenvalue weighted by atomic mass is 10.1. The van der Waals surface area contributed by atoms with Crippen LogP contribution in [0.2, 0.25) is 0 Å². The molecule has 0 saturated heterocycles. The van der Waals surface area contributed by atoms with Gasteiger partial charge in [0, 0.05) is 0 Å². The van der Waals surface area contributed by atoms with Gasteiger partial charge in [-0.05, 0) is 25.5 Å². The van der Waals surface area contributed by atoms with Crippen LogP contribution in [0.3, 0.4) is 0 Å². The topological polar surface area (TPSA) is 44.8 Å². The van der Waals surface area contributed by atoms with Crippen molar-refractivity contribution in [3.8, 4) is 0 Å². The van der Waals surface area contributed by atoms with Crippen molar-refractivity contribution < 1.29 is 19.0 Å². The Hall–Kier alpha value is 0.190. The van der Waals surface area contributed by atoms with Crippen molar-refractivity contribution in [2.24, 2.45) is 0 Å². The van der Waals surface area contributed by atoms with Crippen molar-refractivity contribution in [2.75, 3.05) is 44.7 Å². The molecule has 0 aliphatic heterocycles. The molecule has 0 fully saturated rings. The van der Waals surface area contributed by atoms with Crippen molar-refractivity contribution in [2.45, 2.75) is 64.4 Å². The Kier molecular flexibility index (Phi) is 19.7. The maximum atomic E-state index is 10.9. The minimum atomic E-state index is -0.105. The Morgan fingerprint density at radius 1 is 0.917 bits per heavy atom. The highest BCUT2D eigenvalue weighted by atomic mass is 35.5. The molecule has 0 heterocycles. The summed E-state index contributed by atoms with van der Waals surface area (Å²) in [5.41, 5.74) is 0. The van der Waals surface area contributed by atoms with Crippen LogP contribution in [0.5, 0.6) is 0 Å². The van der Waals surface area contributed by atoms with E-state index in [1.54, 1.807) is 0 Å². The third-order valence-electron chi connectivity index (χ3n) is 3.68. The Morgan fingerprint density at radius 2 is 1.50 bits per heavy atom. The van der Waals surface area contributed by atoms with Crippen LogP contribution < -0.4 is 0 Å². The fourth-order valence-corrected chi connectivity index (χ4v) is 2.56. The van der Waals surface area contributed by atoms with Gasteiger partial charge in [-0.1, -0.05) is 38.5 Å². The fraction of sp³-hybridized carbons (Fsp3) is 0.944. The summed E-state index contributed by atoms with van der Waals surface area (Å²) in [5, 5.41) is 0. The van der Waals surface area contributed by atoms with Gasteiger partial charge in [-0.2, -0.15) is 12.6 Å². The number of Topliss-reactive ketones (excluding diaryl/α,β-unsaturated/α-hetero) is 1. The molecule has 1 atom stereocenters. The van der Waals surface area contributed by atoms with Crippen LogP contribution in [0, 0.1) is 0 Å². The number of carbonyl (C=O) groups excluding carboxylic acids is 1. The van der Waals surface area contributed by atoms with Crippen LogP contribution in [0.15, 0.2) is 0 Å². The molecule has 0 aromatic heterocycles. The van der Waals surface area contributed by atoms with Crippen LogP contribution in [-0.2, 0) is 19.0 Å². The lowest BCUT2D eigenvalue weighted by Crippen LogP contribution is -2.16. The molecule has 0 spiro atoms. The SMILES string of the molecule is CC(CCCCCCCCCS)OCCOCCOCC(=O)CCl. The van der Waals surface area contributed by atoms with E-state index in [0.717, 1.165) is 12.2 Å². The summed E-state index contributed by atoms with van der Waals surface area (Å²) in [4.78, 5) is 10.9. The first-order valence-electron chi connectivity index (χ1n) is 9.16. The summed E-state index contributed by atoms with van der Waals surface area (Å²) in [6.07, 6.45) is 10.5. The monoisotopic (exact) mass is 382 g/mol. The molecule has 24 heavy (non-hydrogen) atoms. The third kappa shape index (κ3) is 18.5. The molecule has 0 saturated carbocycles. The number of carbonyl (C=O) groups is 1. The highest BCUT2D eigenvalue weighted by Gasteiger charge is 2.02. The second-order valence-electron chi connectivity index (χ2n) is 6.01. The summed E-state index contributed by atoms with van der Waals surface area (Å²) >= 11 is 9.59. The van der Waals surface area contributed by atoms with E-state index in [2.05, 4.69) is 19.6 Å². The minimum Gasteiger partial charge on any atom is -0.377 e. The van der Waals surface area contributed by atoms with Crippen molar-refractivity contribution in [3.05, 3.63) is 0 Å². The van der Waals surface area contributed by atoms with Gasteiger partial charge in [0.15, 0.2) is 5.78 Å². The number of ketones is 1. The molecule has 6 heteroatoms. The molecule has 0 radical (unpaired) electrons. The molecule has 0 amide bonds. The summed E-state index contributed by atoms with van der Waals surface area (Å²) in [6.45, 7) is 4.23. The molecular weight excluding hydrogens is 348 g/mol. The average Bonchev–Trinajstić information content (AvgIpc) is 2.59. The first-order chi connectivity index (χ1) is 11.7. The molecule has 0 aliphatic carbocycles. The Morgan fingerprint density at radius 3 is 2.17 bits per heavy atom. The number of hydrogen-bond acceptors (Lipinski definition) is 5. The van der Waals surface area contributed by atoms with E-state index in [0.29, 0.717) is 26.4 Å². The van der Waals surface area contributed by atoms with Crippen LogP contribution >= 0.6 is 24.2 Å². The van der Waals surface area contributed by atoms with Gasteiger partial charge >= 0.3 is 0 Å². The molecule has 0 aromatic carbocycles. The fourth-order valence-electron chi connectivity index (χ4n) is 2.26. The van der Waals surface area contributed by atoms with E-state index in [4.69, 9.17) is 25.8 Å². The van der Waals surface area contributed by atoms with Crippen molar-refractivity contribution in [1.29, 1.82) is 0 Å². The highest BCUT2D eigenvalue weighted by molar-refractivity contribution is 7.80. The van der Waals surface area contributed by atoms with E-state index in [-0.39, 0.29) is 24.4 Å². The van der Waals surface area contributed by atoms with Gasteiger partial charge < -0.3 is 14.2 Å². The van der Waals surface area contributed by atoms with Crippen LogP contribution in [0.1, 0.15) is 58.3 Å². The maximum Gasteiger partial charge on any atom is 0.173 e. The number of unbranched alkanes of at least 4 members (excludes halogenated alkanes) is 6. The van der Waals surface area contributed by atoms with Gasteiger partial charge in [0.1, 0.15) is 6.61 Å². The summed E-state index contributed by atoms with van der Waals surface area (Å²) < 4.78 is 16.2. The van der Waals surface area contributed by atoms with E-state index in [1.807, 2.05) is 0 Å². The van der Waals surface area contributed by atoms with Crippen molar-refractivity contribution in [1.82, 2.24) is 0 Å². The molecule has 0 aromatic rings. The average molecular weight is 383 g/mol. The zero-order valence-electron chi connectivity index (χ0n) is 15.1. The van der Waals surface area contributed by atoms with Gasteiger partial charge in [0.2, 0.25) is 0 Å². The predicted molar refractivity (Wildman–Crippen MR) is 104 cm³/mol. The smallest absolute Gasteiger partial charge is 0.173 e. The summed E-state index contributed by atoms with van der Waals surface area (Å²) in [6, 6.07) is 0. The molecule has 0 aliphatic rings. The second kappa shape index (κ2) is 19.5. The minimum absolute atomic E-state index is 0.00263. The quantitative estimate of drug-likeness (QED) is 0.206. The normalized spacial score (nSPS) is 12.5. The second-order valence-corrected chi connectivity index (χ2v) is 6.72. The Balaban J connectivity index is 3.18. The van der Waals surface area contributed by atoms with E-state index >= 15 is 0 Å². The number of hydrogen-bond donors (Lipinski definition) is 1. The molecule has 1 unspecified atom stereocenters. The first kappa shape index (κ1) is 24.2. The maximum absolute atomic E-state index is 10.9. The first-order valence-corrected chi connectivity index (χ1v) is 10.3. The Bertz CT molecular complexity index is 280. The van der Waals surface area contributed by atoms with Crippen LogP contribution in [0.4, 0.5) is 0 Å². The van der Waals surface area contributed by atoms with Gasteiger partial charge in [0.25, 0.3) is 0 Å². The third-order valence-corrected chi connectivity index (χ3v) is 4.30. The summed E-state index contributed by atoms with van der Waals surface area (Å²) in [5.74, 6) is 0.911. The van der Waals surface area contributed by atoms with E-state index < -0.39 is 0 Å². The lowest BCUT2D eigenvalue weighted by Gasteiger charge is -2.13. The molecule has 0 rings (SSSR count). The van der Waals surface area contributed by atoms with Gasteiger partial charge in [-0.25, -0.2) is 0 Å². The summed E-state index contributed by atoms with van der Waals surface area (Å²) in [7, 11) is 0. The number of rotatable bonds is 19. The highest BCUT2D eigenvalue weighted by Crippen LogP contribution is 2.11. The van der Waals surface area contributed by atoms with Gasteiger partial charge in [-0.3, -0.25) is 4.79 Å².